The number of aryl methyl sites for hydroxylation is 1. The summed E-state index contributed by atoms with van der Waals surface area (Å²) >= 11 is 1.96. The van der Waals surface area contributed by atoms with Gasteiger partial charge in [-0.1, -0.05) is 19.0 Å². The van der Waals surface area contributed by atoms with Crippen molar-refractivity contribution in [2.45, 2.75) is 38.8 Å². The van der Waals surface area contributed by atoms with E-state index >= 15 is 0 Å². The second-order valence-electron chi connectivity index (χ2n) is 5.33. The molecule has 0 amide bonds. The van der Waals surface area contributed by atoms with E-state index in [0.717, 1.165) is 43.4 Å². The topological polar surface area (TPSA) is 54.2 Å². The highest BCUT2D eigenvalue weighted by atomic mass is 32.2. The molecule has 1 aromatic heterocycles. The number of nitrogens with one attached hydrogen (secondary N) is 1. The molecule has 0 radical (unpaired) electrons. The van der Waals surface area contributed by atoms with E-state index in [1.165, 1.54) is 5.75 Å². The number of nitrogens with zero attached hydrogens (tertiary/aromatic N) is 3. The van der Waals surface area contributed by atoms with Crippen LogP contribution in [0.15, 0.2) is 4.52 Å². The monoisotopic (exact) mass is 284 g/mol. The summed E-state index contributed by atoms with van der Waals surface area (Å²) in [5.41, 5.74) is 0. The fourth-order valence-electron chi connectivity index (χ4n) is 2.09. The van der Waals surface area contributed by atoms with Crippen LogP contribution in [0.25, 0.3) is 0 Å². The van der Waals surface area contributed by atoms with Crippen molar-refractivity contribution in [3.05, 3.63) is 11.7 Å². The highest BCUT2D eigenvalue weighted by Crippen LogP contribution is 2.26. The zero-order valence-electron chi connectivity index (χ0n) is 12.1. The molecule has 5 nitrogen and oxygen atoms in total. The summed E-state index contributed by atoms with van der Waals surface area (Å²) in [6.45, 7) is 6.40. The van der Waals surface area contributed by atoms with Crippen LogP contribution < -0.4 is 5.32 Å². The van der Waals surface area contributed by atoms with Crippen molar-refractivity contribution in [3.8, 4) is 0 Å². The Balaban J connectivity index is 1.81. The Kier molecular flexibility index (Phi) is 5.66. The van der Waals surface area contributed by atoms with Crippen molar-refractivity contribution in [2.24, 2.45) is 0 Å². The lowest BCUT2D eigenvalue weighted by Gasteiger charge is -2.29. The maximum atomic E-state index is 5.35. The lowest BCUT2D eigenvalue weighted by molar-refractivity contribution is 0.256. The highest BCUT2D eigenvalue weighted by Gasteiger charge is 2.25. The number of hydrogen-bond donors (Lipinski definition) is 1. The van der Waals surface area contributed by atoms with Gasteiger partial charge >= 0.3 is 0 Å². The number of hydrogen-bond acceptors (Lipinski definition) is 6. The third kappa shape index (κ3) is 4.47. The summed E-state index contributed by atoms with van der Waals surface area (Å²) in [7, 11) is 2.13. The molecule has 1 N–H and O–H groups in total. The maximum absolute atomic E-state index is 5.35. The minimum Gasteiger partial charge on any atom is -0.339 e. The molecule has 2 heterocycles. The van der Waals surface area contributed by atoms with Crippen molar-refractivity contribution < 1.29 is 4.52 Å². The van der Waals surface area contributed by atoms with Gasteiger partial charge in [0.2, 0.25) is 5.89 Å². The minimum absolute atomic E-state index is 0.310. The highest BCUT2D eigenvalue weighted by molar-refractivity contribution is 7.99. The molecule has 0 bridgehead atoms. The summed E-state index contributed by atoms with van der Waals surface area (Å²) in [5, 5.41) is 7.53. The molecule has 1 atom stereocenters. The van der Waals surface area contributed by atoms with E-state index in [1.54, 1.807) is 0 Å². The standard InChI is InChI=1S/C13H24N4OS/c1-10(2)14-6-4-5-12-15-13(16-18-12)11-9-19-8-7-17(11)3/h10-11,14H,4-9H2,1-3H3. The van der Waals surface area contributed by atoms with Gasteiger partial charge in [0, 0.05) is 30.5 Å². The van der Waals surface area contributed by atoms with Crippen molar-refractivity contribution in [2.75, 3.05) is 31.6 Å². The van der Waals surface area contributed by atoms with Gasteiger partial charge in [-0.25, -0.2) is 0 Å². The van der Waals surface area contributed by atoms with Crippen LogP contribution in [0.1, 0.15) is 38.0 Å². The second-order valence-corrected chi connectivity index (χ2v) is 6.48. The molecular weight excluding hydrogens is 260 g/mol. The lowest BCUT2D eigenvalue weighted by atomic mass is 10.2. The molecule has 108 valence electrons. The van der Waals surface area contributed by atoms with Crippen LogP contribution in [0.5, 0.6) is 0 Å². The summed E-state index contributed by atoms with van der Waals surface area (Å²) in [6, 6.07) is 0.844. The zero-order valence-corrected chi connectivity index (χ0v) is 12.9. The van der Waals surface area contributed by atoms with Crippen molar-refractivity contribution in [1.29, 1.82) is 0 Å². The van der Waals surface area contributed by atoms with E-state index in [9.17, 15) is 0 Å². The summed E-state index contributed by atoms with van der Waals surface area (Å²) in [4.78, 5) is 6.85. The zero-order chi connectivity index (χ0) is 13.7. The molecule has 0 spiro atoms. The van der Waals surface area contributed by atoms with E-state index in [0.29, 0.717) is 12.1 Å². The van der Waals surface area contributed by atoms with Gasteiger partial charge in [0.25, 0.3) is 0 Å². The summed E-state index contributed by atoms with van der Waals surface area (Å²) in [6.07, 6.45) is 1.89. The van der Waals surface area contributed by atoms with Crippen LogP contribution in [0.4, 0.5) is 0 Å². The Bertz CT molecular complexity index is 382. The fraction of sp³-hybridized carbons (Fsp3) is 0.846. The second kappa shape index (κ2) is 7.26. The molecule has 1 fully saturated rings. The summed E-state index contributed by atoms with van der Waals surface area (Å²) < 4.78 is 5.35. The van der Waals surface area contributed by atoms with Crippen molar-refractivity contribution in [3.63, 3.8) is 0 Å². The molecule has 1 saturated heterocycles. The third-order valence-electron chi connectivity index (χ3n) is 3.30. The first-order chi connectivity index (χ1) is 9.16. The smallest absolute Gasteiger partial charge is 0.226 e. The van der Waals surface area contributed by atoms with Gasteiger partial charge < -0.3 is 9.84 Å². The van der Waals surface area contributed by atoms with Crippen LogP contribution >= 0.6 is 11.8 Å². The predicted molar refractivity (Wildman–Crippen MR) is 78.5 cm³/mol. The van der Waals surface area contributed by atoms with E-state index in [-0.39, 0.29) is 0 Å². The molecule has 0 aliphatic carbocycles. The van der Waals surface area contributed by atoms with Crippen LogP contribution in [-0.4, -0.2) is 52.7 Å². The first-order valence-electron chi connectivity index (χ1n) is 7.00. The average Bonchev–Trinajstić information content (AvgIpc) is 2.83. The van der Waals surface area contributed by atoms with E-state index in [1.807, 2.05) is 11.8 Å². The van der Waals surface area contributed by atoms with Gasteiger partial charge in [-0.3, -0.25) is 4.90 Å². The van der Waals surface area contributed by atoms with Gasteiger partial charge in [0.05, 0.1) is 6.04 Å². The van der Waals surface area contributed by atoms with Gasteiger partial charge in [0.15, 0.2) is 5.82 Å². The number of aromatic nitrogens is 2. The van der Waals surface area contributed by atoms with Gasteiger partial charge in [-0.2, -0.15) is 16.7 Å². The van der Waals surface area contributed by atoms with Gasteiger partial charge in [0.1, 0.15) is 0 Å². The molecule has 6 heteroatoms. The first-order valence-corrected chi connectivity index (χ1v) is 8.16. The Morgan fingerprint density at radius 2 is 2.37 bits per heavy atom. The third-order valence-corrected chi connectivity index (χ3v) is 4.32. The van der Waals surface area contributed by atoms with Gasteiger partial charge in [-0.15, -0.1) is 0 Å². The molecule has 1 aliphatic rings. The minimum atomic E-state index is 0.310. The Morgan fingerprint density at radius 1 is 1.53 bits per heavy atom. The molecule has 2 rings (SSSR count). The molecular formula is C13H24N4OS. The molecule has 1 aromatic rings. The fourth-order valence-corrected chi connectivity index (χ4v) is 3.30. The Hall–Kier alpha value is -0.590. The van der Waals surface area contributed by atoms with Crippen molar-refractivity contribution in [1.82, 2.24) is 20.4 Å². The summed E-state index contributed by atoms with van der Waals surface area (Å²) in [5.74, 6) is 3.87. The van der Waals surface area contributed by atoms with E-state index in [2.05, 4.69) is 41.3 Å². The van der Waals surface area contributed by atoms with E-state index in [4.69, 9.17) is 4.52 Å². The Labute approximate surface area is 119 Å². The van der Waals surface area contributed by atoms with Crippen LogP contribution in [0.3, 0.4) is 0 Å². The molecule has 1 unspecified atom stereocenters. The van der Waals surface area contributed by atoms with E-state index < -0.39 is 0 Å². The largest absolute Gasteiger partial charge is 0.339 e. The first kappa shape index (κ1) is 14.8. The average molecular weight is 284 g/mol. The Morgan fingerprint density at radius 3 is 3.11 bits per heavy atom. The van der Waals surface area contributed by atoms with Crippen LogP contribution in [0, 0.1) is 0 Å². The van der Waals surface area contributed by atoms with Crippen molar-refractivity contribution >= 4 is 11.8 Å². The van der Waals surface area contributed by atoms with Crippen LogP contribution in [-0.2, 0) is 6.42 Å². The number of thioether (sulfide) groups is 1. The SMILES string of the molecule is CC(C)NCCCc1nc(C2CSCCN2C)no1. The van der Waals surface area contributed by atoms with Gasteiger partial charge in [-0.05, 0) is 20.0 Å². The maximum Gasteiger partial charge on any atom is 0.226 e. The molecule has 1 aliphatic heterocycles. The molecule has 0 aromatic carbocycles. The lowest BCUT2D eigenvalue weighted by Crippen LogP contribution is -2.33. The number of rotatable bonds is 6. The molecule has 0 saturated carbocycles. The predicted octanol–water partition coefficient (Wildman–Crippen LogP) is 1.72. The quantitative estimate of drug-likeness (QED) is 0.803. The molecule has 19 heavy (non-hydrogen) atoms. The van der Waals surface area contributed by atoms with Crippen LogP contribution in [0.2, 0.25) is 0 Å². The normalized spacial score (nSPS) is 21.2.